The summed E-state index contributed by atoms with van der Waals surface area (Å²) in [5.74, 6) is 0.453. The molecule has 1 fully saturated rings. The molecule has 0 saturated carbocycles. The van der Waals surface area contributed by atoms with Crippen LogP contribution in [0.3, 0.4) is 0 Å². The standard InChI is InChI=1S/C24H29N5O3S/c1-16(19-10-4-7-17-6-2-3-9-20(17)19)26-23(31)15-33-24-28-27-22(12-11-21(25)30)29(24)14-18-8-5-13-32-18/h2-4,6-7,9-10,16,18H,5,8,11-15H2,1H3,(H2,25,30)(H,26,31)/t16-,18+/m0/s1. The number of carbonyl (C=O) groups excluding carboxylic acids is 2. The first-order chi connectivity index (χ1) is 16.0. The Hall–Kier alpha value is -2.91. The largest absolute Gasteiger partial charge is 0.376 e. The third-order valence-electron chi connectivity index (χ3n) is 5.80. The zero-order chi connectivity index (χ0) is 23.2. The first-order valence-corrected chi connectivity index (χ1v) is 12.2. The molecule has 2 atom stereocenters. The molecule has 0 spiro atoms. The van der Waals surface area contributed by atoms with Crippen LogP contribution in [0, 0.1) is 0 Å². The van der Waals surface area contributed by atoms with E-state index in [9.17, 15) is 9.59 Å². The number of carbonyl (C=O) groups is 2. The summed E-state index contributed by atoms with van der Waals surface area (Å²) in [6.07, 6.45) is 2.71. The van der Waals surface area contributed by atoms with E-state index in [1.807, 2.05) is 35.8 Å². The van der Waals surface area contributed by atoms with Gasteiger partial charge in [-0.2, -0.15) is 0 Å². The first kappa shape index (κ1) is 23.3. The molecule has 1 aliphatic rings. The lowest BCUT2D eigenvalue weighted by Crippen LogP contribution is -2.28. The zero-order valence-corrected chi connectivity index (χ0v) is 19.5. The van der Waals surface area contributed by atoms with Gasteiger partial charge < -0.3 is 20.4 Å². The van der Waals surface area contributed by atoms with E-state index < -0.39 is 0 Å². The Balaban J connectivity index is 1.41. The Bertz CT molecular complexity index is 1120. The van der Waals surface area contributed by atoms with Crippen molar-refractivity contribution in [3.8, 4) is 0 Å². The van der Waals surface area contributed by atoms with Crippen LogP contribution in [-0.2, 0) is 27.3 Å². The van der Waals surface area contributed by atoms with Gasteiger partial charge in [-0.05, 0) is 36.1 Å². The molecular formula is C24H29N5O3S. The Morgan fingerprint density at radius 2 is 2.06 bits per heavy atom. The van der Waals surface area contributed by atoms with Crippen molar-refractivity contribution in [3.63, 3.8) is 0 Å². The fraction of sp³-hybridized carbons (Fsp3) is 0.417. The maximum absolute atomic E-state index is 12.7. The number of nitrogens with one attached hydrogen (secondary N) is 1. The zero-order valence-electron chi connectivity index (χ0n) is 18.7. The van der Waals surface area contributed by atoms with Crippen LogP contribution in [0.2, 0.25) is 0 Å². The summed E-state index contributed by atoms with van der Waals surface area (Å²) in [6, 6.07) is 14.2. The molecule has 9 heteroatoms. The van der Waals surface area contributed by atoms with Gasteiger partial charge in [0, 0.05) is 19.4 Å². The van der Waals surface area contributed by atoms with Crippen molar-refractivity contribution in [2.24, 2.45) is 5.73 Å². The van der Waals surface area contributed by atoms with E-state index in [-0.39, 0.29) is 36.1 Å². The smallest absolute Gasteiger partial charge is 0.230 e. The lowest BCUT2D eigenvalue weighted by Gasteiger charge is -2.17. The number of amides is 2. The lowest BCUT2D eigenvalue weighted by molar-refractivity contribution is -0.119. The molecule has 2 amide bonds. The van der Waals surface area contributed by atoms with E-state index >= 15 is 0 Å². The molecular weight excluding hydrogens is 438 g/mol. The van der Waals surface area contributed by atoms with Gasteiger partial charge in [0.2, 0.25) is 11.8 Å². The average molecular weight is 468 g/mol. The summed E-state index contributed by atoms with van der Waals surface area (Å²) in [5.41, 5.74) is 6.39. The van der Waals surface area contributed by atoms with Crippen molar-refractivity contribution in [2.75, 3.05) is 12.4 Å². The SMILES string of the molecule is C[C@H](NC(=O)CSc1nnc(CCC(N)=O)n1C[C@H]1CCCO1)c1cccc2ccccc12. The molecule has 3 aromatic rings. The van der Waals surface area contributed by atoms with Crippen LogP contribution in [0.4, 0.5) is 0 Å². The highest BCUT2D eigenvalue weighted by molar-refractivity contribution is 7.99. The van der Waals surface area contributed by atoms with Crippen LogP contribution in [0.25, 0.3) is 10.8 Å². The number of fused-ring (bicyclic) bond motifs is 1. The summed E-state index contributed by atoms with van der Waals surface area (Å²) in [7, 11) is 0. The fourth-order valence-electron chi connectivity index (χ4n) is 4.14. The summed E-state index contributed by atoms with van der Waals surface area (Å²) >= 11 is 1.34. The second-order valence-electron chi connectivity index (χ2n) is 8.26. The van der Waals surface area contributed by atoms with E-state index in [0.29, 0.717) is 23.9 Å². The number of hydrogen-bond acceptors (Lipinski definition) is 6. The highest BCUT2D eigenvalue weighted by Gasteiger charge is 2.22. The van der Waals surface area contributed by atoms with Crippen LogP contribution in [-0.4, -0.2) is 45.0 Å². The number of hydrogen-bond donors (Lipinski definition) is 2. The Kier molecular flexibility index (Phi) is 7.61. The predicted molar refractivity (Wildman–Crippen MR) is 128 cm³/mol. The molecule has 2 aromatic carbocycles. The predicted octanol–water partition coefficient (Wildman–Crippen LogP) is 3.00. The quantitative estimate of drug-likeness (QED) is 0.443. The van der Waals surface area contributed by atoms with Crippen molar-refractivity contribution in [1.82, 2.24) is 20.1 Å². The molecule has 1 aromatic heterocycles. The van der Waals surface area contributed by atoms with Crippen molar-refractivity contribution < 1.29 is 14.3 Å². The number of primary amides is 1. The maximum atomic E-state index is 12.7. The summed E-state index contributed by atoms with van der Waals surface area (Å²) < 4.78 is 7.73. The van der Waals surface area contributed by atoms with Crippen LogP contribution >= 0.6 is 11.8 Å². The van der Waals surface area contributed by atoms with Gasteiger partial charge >= 0.3 is 0 Å². The van der Waals surface area contributed by atoms with Crippen LogP contribution in [0.15, 0.2) is 47.6 Å². The van der Waals surface area contributed by atoms with Gasteiger partial charge in [-0.1, -0.05) is 54.2 Å². The van der Waals surface area contributed by atoms with Gasteiger partial charge in [-0.3, -0.25) is 9.59 Å². The van der Waals surface area contributed by atoms with Crippen molar-refractivity contribution in [3.05, 3.63) is 53.9 Å². The number of nitrogens with zero attached hydrogens (tertiary/aromatic N) is 3. The third kappa shape index (κ3) is 5.91. The van der Waals surface area contributed by atoms with Crippen LogP contribution in [0.5, 0.6) is 0 Å². The normalized spacial score (nSPS) is 16.7. The highest BCUT2D eigenvalue weighted by atomic mass is 32.2. The minimum absolute atomic E-state index is 0.0780. The molecule has 0 bridgehead atoms. The Morgan fingerprint density at radius 1 is 1.24 bits per heavy atom. The topological polar surface area (TPSA) is 112 Å². The number of benzene rings is 2. The highest BCUT2D eigenvalue weighted by Crippen LogP contribution is 2.25. The molecule has 1 saturated heterocycles. The van der Waals surface area contributed by atoms with Crippen LogP contribution in [0.1, 0.15) is 43.6 Å². The number of rotatable bonds is 10. The van der Waals surface area contributed by atoms with Gasteiger partial charge in [-0.25, -0.2) is 0 Å². The molecule has 1 aliphatic heterocycles. The number of aryl methyl sites for hydroxylation is 1. The second-order valence-corrected chi connectivity index (χ2v) is 9.20. The van der Waals surface area contributed by atoms with Crippen molar-refractivity contribution in [2.45, 2.75) is 56.5 Å². The molecule has 0 aliphatic carbocycles. The van der Waals surface area contributed by atoms with Gasteiger partial charge in [0.05, 0.1) is 24.4 Å². The van der Waals surface area contributed by atoms with Crippen LogP contribution < -0.4 is 11.1 Å². The number of ether oxygens (including phenoxy) is 1. The molecule has 0 unspecified atom stereocenters. The minimum Gasteiger partial charge on any atom is -0.376 e. The number of thioether (sulfide) groups is 1. The van der Waals surface area contributed by atoms with E-state index in [4.69, 9.17) is 10.5 Å². The Labute approximate surface area is 197 Å². The fourth-order valence-corrected chi connectivity index (χ4v) is 4.92. The van der Waals surface area contributed by atoms with Crippen molar-refractivity contribution in [1.29, 1.82) is 0 Å². The molecule has 174 valence electrons. The van der Waals surface area contributed by atoms with E-state index in [1.165, 1.54) is 11.8 Å². The van der Waals surface area contributed by atoms with Gasteiger partial charge in [0.15, 0.2) is 5.16 Å². The monoisotopic (exact) mass is 467 g/mol. The second kappa shape index (κ2) is 10.8. The molecule has 4 rings (SSSR count). The molecule has 33 heavy (non-hydrogen) atoms. The van der Waals surface area contributed by atoms with E-state index in [1.54, 1.807) is 0 Å². The molecule has 2 heterocycles. The average Bonchev–Trinajstić information content (AvgIpc) is 3.46. The van der Waals surface area contributed by atoms with Crippen molar-refractivity contribution >= 4 is 34.3 Å². The molecule has 8 nitrogen and oxygen atoms in total. The summed E-state index contributed by atoms with van der Waals surface area (Å²) in [6.45, 7) is 3.35. The Morgan fingerprint density at radius 3 is 2.85 bits per heavy atom. The van der Waals surface area contributed by atoms with Gasteiger partial charge in [0.1, 0.15) is 5.82 Å². The minimum atomic E-state index is -0.377. The number of nitrogens with two attached hydrogens (primary N) is 1. The first-order valence-electron chi connectivity index (χ1n) is 11.2. The number of aromatic nitrogens is 3. The maximum Gasteiger partial charge on any atom is 0.230 e. The van der Waals surface area contributed by atoms with Gasteiger partial charge in [-0.15, -0.1) is 10.2 Å². The van der Waals surface area contributed by atoms with E-state index in [2.05, 4.69) is 33.7 Å². The van der Waals surface area contributed by atoms with E-state index in [0.717, 1.165) is 35.8 Å². The third-order valence-corrected chi connectivity index (χ3v) is 6.77. The molecule has 3 N–H and O–H groups in total. The van der Waals surface area contributed by atoms with Gasteiger partial charge in [0.25, 0.3) is 0 Å². The summed E-state index contributed by atoms with van der Waals surface area (Å²) in [4.78, 5) is 24.0. The lowest BCUT2D eigenvalue weighted by atomic mass is 10.00. The summed E-state index contributed by atoms with van der Waals surface area (Å²) in [5, 5.41) is 14.6. The molecule has 0 radical (unpaired) electrons.